The lowest BCUT2D eigenvalue weighted by molar-refractivity contribution is 0.318. The molecule has 1 aromatic carbocycles. The van der Waals surface area contributed by atoms with Crippen molar-refractivity contribution in [2.75, 3.05) is 6.61 Å². The number of ether oxygens (including phenoxy) is 1. The Balaban J connectivity index is 2.16. The van der Waals surface area contributed by atoms with Crippen LogP contribution in [0.3, 0.4) is 0 Å². The minimum absolute atomic E-state index is 0.249. The Labute approximate surface area is 127 Å². The maximum atomic E-state index is 12.2. The Morgan fingerprint density at radius 2 is 2.00 bits per heavy atom. The van der Waals surface area contributed by atoms with Crippen LogP contribution < -0.4 is 10.3 Å². The fourth-order valence-electron chi connectivity index (χ4n) is 2.33. The molecule has 0 amide bonds. The zero-order chi connectivity index (χ0) is 15.5. The van der Waals surface area contributed by atoms with E-state index >= 15 is 0 Å². The highest BCUT2D eigenvalue weighted by atomic mass is 16.5. The number of aromatic nitrogens is 4. The summed E-state index contributed by atoms with van der Waals surface area (Å²) < 4.78 is 5.75. The van der Waals surface area contributed by atoms with Crippen molar-refractivity contribution in [3.05, 3.63) is 40.3 Å². The molecule has 6 nitrogen and oxygen atoms in total. The van der Waals surface area contributed by atoms with Crippen LogP contribution in [0.1, 0.15) is 26.0 Å². The Morgan fingerprint density at radius 1 is 1.18 bits per heavy atom. The molecule has 0 aliphatic carbocycles. The van der Waals surface area contributed by atoms with Gasteiger partial charge in [0.25, 0.3) is 5.56 Å². The van der Waals surface area contributed by atoms with Crippen molar-refractivity contribution in [3.63, 3.8) is 0 Å². The van der Waals surface area contributed by atoms with Gasteiger partial charge in [-0.2, -0.15) is 5.10 Å². The number of hydrogen-bond donors (Lipinski definition) is 2. The Morgan fingerprint density at radius 3 is 2.77 bits per heavy atom. The van der Waals surface area contributed by atoms with Crippen molar-refractivity contribution < 1.29 is 4.74 Å². The van der Waals surface area contributed by atoms with Gasteiger partial charge in [0.2, 0.25) is 0 Å². The molecular weight excluding hydrogens is 280 g/mol. The van der Waals surface area contributed by atoms with Crippen LogP contribution in [0.4, 0.5) is 0 Å². The van der Waals surface area contributed by atoms with E-state index in [-0.39, 0.29) is 5.56 Å². The molecule has 0 aliphatic rings. The summed E-state index contributed by atoms with van der Waals surface area (Å²) >= 11 is 0. The first-order valence-corrected chi connectivity index (χ1v) is 7.44. The second kappa shape index (κ2) is 6.01. The minimum atomic E-state index is -0.249. The molecule has 2 N–H and O–H groups in total. The molecule has 2 heterocycles. The number of para-hydroxylation sites is 1. The van der Waals surface area contributed by atoms with Crippen LogP contribution in [0.2, 0.25) is 0 Å². The van der Waals surface area contributed by atoms with E-state index in [9.17, 15) is 4.79 Å². The highest BCUT2D eigenvalue weighted by Gasteiger charge is 2.14. The average Bonchev–Trinajstić information content (AvgIpc) is 2.96. The molecule has 3 aromatic rings. The van der Waals surface area contributed by atoms with Crippen LogP contribution in [0.25, 0.3) is 22.4 Å². The summed E-state index contributed by atoms with van der Waals surface area (Å²) in [5, 5.41) is 6.90. The third-order valence-corrected chi connectivity index (χ3v) is 3.44. The number of benzene rings is 1. The summed E-state index contributed by atoms with van der Waals surface area (Å²) in [6.07, 6.45) is 1.65. The van der Waals surface area contributed by atoms with Crippen molar-refractivity contribution in [2.24, 2.45) is 0 Å². The number of hydrogen-bond acceptors (Lipinski definition) is 4. The normalized spacial score (nSPS) is 11.0. The van der Waals surface area contributed by atoms with Gasteiger partial charge >= 0.3 is 0 Å². The lowest BCUT2D eigenvalue weighted by Gasteiger charge is -2.10. The molecule has 114 valence electrons. The lowest BCUT2D eigenvalue weighted by Crippen LogP contribution is -2.10. The average molecular weight is 298 g/mol. The van der Waals surface area contributed by atoms with Crippen molar-refractivity contribution in [1.82, 2.24) is 20.2 Å². The van der Waals surface area contributed by atoms with E-state index in [2.05, 4.69) is 20.2 Å². The molecule has 6 heteroatoms. The smallest absolute Gasteiger partial charge is 0.279 e. The summed E-state index contributed by atoms with van der Waals surface area (Å²) in [4.78, 5) is 19.6. The number of H-pyrrole nitrogens is 2. The summed E-state index contributed by atoms with van der Waals surface area (Å²) in [5.41, 5.74) is 2.34. The molecule has 0 saturated heterocycles. The van der Waals surface area contributed by atoms with E-state index in [1.54, 1.807) is 0 Å². The molecule has 0 spiro atoms. The van der Waals surface area contributed by atoms with Crippen molar-refractivity contribution in [2.45, 2.75) is 26.7 Å². The first-order chi connectivity index (χ1) is 10.7. The molecule has 0 radical (unpaired) electrons. The summed E-state index contributed by atoms with van der Waals surface area (Å²) in [5.74, 6) is 1.22. The first kappa shape index (κ1) is 14.3. The third kappa shape index (κ3) is 2.47. The van der Waals surface area contributed by atoms with E-state index < -0.39 is 0 Å². The van der Waals surface area contributed by atoms with Gasteiger partial charge in [-0.05, 0) is 25.0 Å². The first-order valence-electron chi connectivity index (χ1n) is 7.44. The molecule has 0 unspecified atom stereocenters. The summed E-state index contributed by atoms with van der Waals surface area (Å²) in [7, 11) is 0. The quantitative estimate of drug-likeness (QED) is 0.758. The van der Waals surface area contributed by atoms with Crippen LogP contribution >= 0.6 is 0 Å². The SMILES string of the molecule is CCCOc1ccccc1-c1nc2c(CC)[nH]nc2c(=O)[nH]1. The van der Waals surface area contributed by atoms with Gasteiger partial charge in [-0.25, -0.2) is 4.98 Å². The molecule has 0 fully saturated rings. The minimum Gasteiger partial charge on any atom is -0.493 e. The number of nitrogens with one attached hydrogen (secondary N) is 2. The van der Waals surface area contributed by atoms with Gasteiger partial charge in [-0.1, -0.05) is 26.0 Å². The second-order valence-corrected chi connectivity index (χ2v) is 5.01. The van der Waals surface area contributed by atoms with E-state index in [1.165, 1.54) is 0 Å². The number of aromatic amines is 2. The van der Waals surface area contributed by atoms with E-state index in [0.29, 0.717) is 29.2 Å². The zero-order valence-corrected chi connectivity index (χ0v) is 12.6. The van der Waals surface area contributed by atoms with Crippen LogP contribution in [0.15, 0.2) is 29.1 Å². The molecule has 0 atom stereocenters. The molecule has 22 heavy (non-hydrogen) atoms. The number of aryl methyl sites for hydroxylation is 1. The fourth-order valence-corrected chi connectivity index (χ4v) is 2.33. The Kier molecular flexibility index (Phi) is 3.91. The maximum Gasteiger partial charge on any atom is 0.279 e. The number of fused-ring (bicyclic) bond motifs is 1. The van der Waals surface area contributed by atoms with Gasteiger partial charge in [-0.15, -0.1) is 0 Å². The van der Waals surface area contributed by atoms with E-state index in [4.69, 9.17) is 4.74 Å². The van der Waals surface area contributed by atoms with Crippen LogP contribution in [0.5, 0.6) is 5.75 Å². The zero-order valence-electron chi connectivity index (χ0n) is 12.6. The maximum absolute atomic E-state index is 12.2. The van der Waals surface area contributed by atoms with Gasteiger partial charge in [0.1, 0.15) is 17.1 Å². The molecule has 0 aliphatic heterocycles. The molecular formula is C16H18N4O2. The van der Waals surface area contributed by atoms with Crippen LogP contribution in [0, 0.1) is 0 Å². The topological polar surface area (TPSA) is 83.7 Å². The predicted molar refractivity (Wildman–Crippen MR) is 85.1 cm³/mol. The highest BCUT2D eigenvalue weighted by Crippen LogP contribution is 2.27. The number of nitrogens with zero attached hydrogens (tertiary/aromatic N) is 2. The van der Waals surface area contributed by atoms with Crippen LogP contribution in [-0.4, -0.2) is 26.8 Å². The van der Waals surface area contributed by atoms with Crippen LogP contribution in [-0.2, 0) is 6.42 Å². The van der Waals surface area contributed by atoms with Gasteiger partial charge in [0.15, 0.2) is 5.52 Å². The lowest BCUT2D eigenvalue weighted by atomic mass is 10.2. The van der Waals surface area contributed by atoms with E-state index in [1.807, 2.05) is 38.1 Å². The Bertz CT molecular complexity index is 851. The second-order valence-electron chi connectivity index (χ2n) is 5.01. The van der Waals surface area contributed by atoms with Gasteiger partial charge in [0, 0.05) is 0 Å². The number of rotatable bonds is 5. The third-order valence-electron chi connectivity index (χ3n) is 3.44. The van der Waals surface area contributed by atoms with Crippen molar-refractivity contribution >= 4 is 11.0 Å². The highest BCUT2D eigenvalue weighted by molar-refractivity contribution is 5.79. The fraction of sp³-hybridized carbons (Fsp3) is 0.312. The summed E-state index contributed by atoms with van der Waals surface area (Å²) in [6.45, 7) is 4.66. The molecule has 2 aromatic heterocycles. The molecule has 3 rings (SSSR count). The predicted octanol–water partition coefficient (Wildman–Crippen LogP) is 2.66. The van der Waals surface area contributed by atoms with Gasteiger partial charge < -0.3 is 9.72 Å². The standard InChI is InChI=1S/C16H18N4O2/c1-3-9-22-12-8-6-5-7-10(12)15-17-13-11(4-2)19-20-14(13)16(21)18-15/h5-8H,3-4,9H2,1-2H3,(H,19,20)(H,17,18,21). The summed E-state index contributed by atoms with van der Waals surface area (Å²) in [6, 6.07) is 7.57. The van der Waals surface area contributed by atoms with Crippen molar-refractivity contribution in [1.29, 1.82) is 0 Å². The monoisotopic (exact) mass is 298 g/mol. The van der Waals surface area contributed by atoms with Gasteiger partial charge in [0.05, 0.1) is 17.9 Å². The van der Waals surface area contributed by atoms with E-state index in [0.717, 1.165) is 24.1 Å². The Hall–Kier alpha value is -2.63. The van der Waals surface area contributed by atoms with Gasteiger partial charge in [-0.3, -0.25) is 9.89 Å². The molecule has 0 saturated carbocycles. The molecule has 0 bridgehead atoms. The largest absolute Gasteiger partial charge is 0.493 e. The van der Waals surface area contributed by atoms with Crippen molar-refractivity contribution in [3.8, 4) is 17.1 Å².